The Morgan fingerprint density at radius 3 is 2.76 bits per heavy atom. The summed E-state index contributed by atoms with van der Waals surface area (Å²) in [7, 11) is 0. The standard InChI is InChI=1S/C29H33N3O4S/c1-2-29(34)36-21-32(16-13-31(14-17-32)26-6-5-7-27-24(26)12-19-37-27)15-3-4-18-35-23-10-8-22-9-11-28(33)30-25(22)20-23/h5-12,19-20H,2-4,13-18,21H2,1H3/p+1. The minimum atomic E-state index is -0.138. The van der Waals surface area contributed by atoms with Gasteiger partial charge in [0, 0.05) is 34.3 Å². The Morgan fingerprint density at radius 2 is 1.92 bits per heavy atom. The zero-order valence-corrected chi connectivity index (χ0v) is 22.1. The number of piperazine rings is 1. The van der Waals surface area contributed by atoms with E-state index in [1.165, 1.54) is 21.8 Å². The van der Waals surface area contributed by atoms with Crippen molar-refractivity contribution in [3.8, 4) is 5.75 Å². The third-order valence-corrected chi connectivity index (χ3v) is 8.16. The molecule has 3 heterocycles. The molecule has 194 valence electrons. The second-order valence-corrected chi connectivity index (χ2v) is 10.7. The Kier molecular flexibility index (Phi) is 7.76. The van der Waals surface area contributed by atoms with E-state index in [0.29, 0.717) is 19.8 Å². The number of thiophene rings is 1. The molecule has 0 atom stereocenters. The van der Waals surface area contributed by atoms with E-state index >= 15 is 0 Å². The molecule has 0 saturated carbocycles. The van der Waals surface area contributed by atoms with Crippen molar-refractivity contribution in [2.75, 3.05) is 51.0 Å². The minimum Gasteiger partial charge on any atom is -0.494 e. The van der Waals surface area contributed by atoms with Crippen molar-refractivity contribution in [1.29, 1.82) is 0 Å². The number of rotatable bonds is 10. The van der Waals surface area contributed by atoms with Gasteiger partial charge in [-0.2, -0.15) is 0 Å². The van der Waals surface area contributed by atoms with Gasteiger partial charge < -0.3 is 19.4 Å². The number of anilines is 1. The molecule has 1 N–H and O–H groups in total. The molecule has 1 saturated heterocycles. The van der Waals surface area contributed by atoms with Crippen molar-refractivity contribution in [2.45, 2.75) is 26.2 Å². The molecule has 7 nitrogen and oxygen atoms in total. The van der Waals surface area contributed by atoms with Crippen LogP contribution in [0.3, 0.4) is 0 Å². The summed E-state index contributed by atoms with van der Waals surface area (Å²) >= 11 is 1.78. The van der Waals surface area contributed by atoms with Crippen molar-refractivity contribution >= 4 is 44.0 Å². The van der Waals surface area contributed by atoms with Gasteiger partial charge in [0.25, 0.3) is 0 Å². The molecule has 0 amide bonds. The Balaban J connectivity index is 1.17. The van der Waals surface area contributed by atoms with Crippen LogP contribution < -0.4 is 15.2 Å². The maximum Gasteiger partial charge on any atom is 0.309 e. The summed E-state index contributed by atoms with van der Waals surface area (Å²) in [6, 6.07) is 17.9. The Morgan fingerprint density at radius 1 is 1.08 bits per heavy atom. The number of nitrogens with one attached hydrogen (secondary N) is 1. The zero-order valence-electron chi connectivity index (χ0n) is 21.3. The van der Waals surface area contributed by atoms with Gasteiger partial charge in [-0.05, 0) is 60.0 Å². The van der Waals surface area contributed by atoms with Gasteiger partial charge in [0.05, 0.1) is 44.8 Å². The number of aromatic amines is 1. The molecule has 1 aliphatic rings. The van der Waals surface area contributed by atoms with Crippen LogP contribution in [0.15, 0.2) is 64.8 Å². The summed E-state index contributed by atoms with van der Waals surface area (Å²) in [6.07, 6.45) is 2.29. The number of nitrogens with zero attached hydrogens (tertiary/aromatic N) is 2. The van der Waals surface area contributed by atoms with Gasteiger partial charge in [0.1, 0.15) is 5.75 Å². The third kappa shape index (κ3) is 5.97. The van der Waals surface area contributed by atoms with Gasteiger partial charge >= 0.3 is 5.97 Å². The predicted molar refractivity (Wildman–Crippen MR) is 149 cm³/mol. The highest BCUT2D eigenvalue weighted by molar-refractivity contribution is 7.17. The largest absolute Gasteiger partial charge is 0.494 e. The zero-order chi connectivity index (χ0) is 25.7. The van der Waals surface area contributed by atoms with E-state index in [0.717, 1.165) is 66.7 Å². The van der Waals surface area contributed by atoms with Crippen LogP contribution in [0.4, 0.5) is 5.69 Å². The fourth-order valence-electron chi connectivity index (χ4n) is 5.07. The minimum absolute atomic E-state index is 0.116. The van der Waals surface area contributed by atoms with E-state index < -0.39 is 0 Å². The Labute approximate surface area is 220 Å². The lowest BCUT2D eigenvalue weighted by Crippen LogP contribution is -2.61. The Bertz CT molecular complexity index is 1420. The molecule has 8 heteroatoms. The fraction of sp³-hybridized carbons (Fsp3) is 0.379. The number of ether oxygens (including phenoxy) is 2. The smallest absolute Gasteiger partial charge is 0.309 e. The molecule has 0 spiro atoms. The molecular weight excluding hydrogens is 486 g/mol. The highest BCUT2D eigenvalue weighted by Gasteiger charge is 2.34. The van der Waals surface area contributed by atoms with Crippen LogP contribution in [-0.4, -0.2) is 61.5 Å². The van der Waals surface area contributed by atoms with E-state index in [2.05, 4.69) is 39.5 Å². The van der Waals surface area contributed by atoms with Crippen LogP contribution in [0.2, 0.25) is 0 Å². The molecular formula is C29H34N3O4S+. The molecule has 1 fully saturated rings. The van der Waals surface area contributed by atoms with Crippen molar-refractivity contribution in [3.63, 3.8) is 0 Å². The molecule has 0 unspecified atom stereocenters. The molecule has 5 rings (SSSR count). The number of pyridine rings is 1. The Hall–Kier alpha value is -3.36. The summed E-state index contributed by atoms with van der Waals surface area (Å²) in [5, 5.41) is 4.45. The molecule has 2 aromatic heterocycles. The highest BCUT2D eigenvalue weighted by Crippen LogP contribution is 2.32. The fourth-order valence-corrected chi connectivity index (χ4v) is 5.88. The molecule has 0 aliphatic carbocycles. The van der Waals surface area contributed by atoms with Gasteiger partial charge in [-0.1, -0.05) is 13.0 Å². The van der Waals surface area contributed by atoms with Crippen molar-refractivity contribution in [1.82, 2.24) is 4.98 Å². The van der Waals surface area contributed by atoms with Crippen LogP contribution >= 0.6 is 11.3 Å². The number of hydrogen-bond acceptors (Lipinski definition) is 6. The number of esters is 1. The SMILES string of the molecule is CCC(=O)OC[N+]1(CCCCOc2ccc3ccc(=O)[nH]c3c2)CCN(c2cccc3sccc23)CC1. The van der Waals surface area contributed by atoms with Gasteiger partial charge in [0.15, 0.2) is 0 Å². The van der Waals surface area contributed by atoms with E-state index in [-0.39, 0.29) is 11.5 Å². The maximum absolute atomic E-state index is 12.0. The summed E-state index contributed by atoms with van der Waals surface area (Å²) in [5.41, 5.74) is 1.96. The average Bonchev–Trinajstić information content (AvgIpc) is 3.41. The maximum atomic E-state index is 12.0. The first-order valence-corrected chi connectivity index (χ1v) is 13.9. The second-order valence-electron chi connectivity index (χ2n) is 9.74. The summed E-state index contributed by atoms with van der Waals surface area (Å²) in [4.78, 5) is 28.9. The first-order valence-electron chi connectivity index (χ1n) is 13.0. The van der Waals surface area contributed by atoms with Gasteiger partial charge in [-0.15, -0.1) is 11.3 Å². The first-order chi connectivity index (χ1) is 18.0. The van der Waals surface area contributed by atoms with Crippen LogP contribution in [0.1, 0.15) is 26.2 Å². The van der Waals surface area contributed by atoms with Crippen LogP contribution in [-0.2, 0) is 9.53 Å². The van der Waals surface area contributed by atoms with E-state index in [4.69, 9.17) is 9.47 Å². The van der Waals surface area contributed by atoms with Crippen LogP contribution in [0, 0.1) is 0 Å². The lowest BCUT2D eigenvalue weighted by Gasteiger charge is -2.44. The number of carbonyl (C=O) groups is 1. The molecule has 0 bridgehead atoms. The summed E-state index contributed by atoms with van der Waals surface area (Å²) in [6.45, 7) is 7.57. The summed E-state index contributed by atoms with van der Waals surface area (Å²) in [5.74, 6) is 0.618. The van der Waals surface area contributed by atoms with Crippen molar-refractivity contribution < 1.29 is 18.8 Å². The lowest BCUT2D eigenvalue weighted by molar-refractivity contribution is -0.944. The first kappa shape index (κ1) is 25.3. The lowest BCUT2D eigenvalue weighted by atomic mass is 10.1. The number of aromatic nitrogens is 1. The topological polar surface area (TPSA) is 71.6 Å². The normalized spacial score (nSPS) is 15.2. The predicted octanol–water partition coefficient (Wildman–Crippen LogP) is 5.15. The van der Waals surface area contributed by atoms with E-state index in [1.54, 1.807) is 11.3 Å². The summed E-state index contributed by atoms with van der Waals surface area (Å²) < 4.78 is 13.8. The number of benzene rings is 2. The van der Waals surface area contributed by atoms with Crippen molar-refractivity contribution in [3.05, 3.63) is 70.3 Å². The van der Waals surface area contributed by atoms with Gasteiger partial charge in [-0.3, -0.25) is 14.1 Å². The van der Waals surface area contributed by atoms with Crippen LogP contribution in [0.25, 0.3) is 21.0 Å². The molecule has 0 radical (unpaired) electrons. The average molecular weight is 521 g/mol. The van der Waals surface area contributed by atoms with Crippen molar-refractivity contribution in [2.24, 2.45) is 0 Å². The number of carbonyl (C=O) groups excluding carboxylic acids is 1. The third-order valence-electron chi connectivity index (χ3n) is 7.28. The highest BCUT2D eigenvalue weighted by atomic mass is 32.1. The van der Waals surface area contributed by atoms with Gasteiger partial charge in [0.2, 0.25) is 12.3 Å². The number of unbranched alkanes of at least 4 members (excludes halogenated alkanes) is 1. The molecule has 37 heavy (non-hydrogen) atoms. The molecule has 4 aromatic rings. The molecule has 1 aliphatic heterocycles. The number of hydrogen-bond donors (Lipinski definition) is 1. The van der Waals surface area contributed by atoms with Crippen LogP contribution in [0.5, 0.6) is 5.75 Å². The monoisotopic (exact) mass is 520 g/mol. The van der Waals surface area contributed by atoms with Gasteiger partial charge in [-0.25, -0.2) is 0 Å². The second kappa shape index (κ2) is 11.4. The quantitative estimate of drug-likeness (QED) is 0.178. The number of quaternary nitrogens is 1. The molecule has 2 aromatic carbocycles. The van der Waals surface area contributed by atoms with E-state index in [9.17, 15) is 9.59 Å². The number of H-pyrrole nitrogens is 1. The number of fused-ring (bicyclic) bond motifs is 2. The van der Waals surface area contributed by atoms with E-state index in [1.807, 2.05) is 31.2 Å².